The molecule has 3 unspecified atom stereocenters. The van der Waals surface area contributed by atoms with Gasteiger partial charge in [-0.3, -0.25) is 11.3 Å². The van der Waals surface area contributed by atoms with E-state index in [1.807, 2.05) is 6.92 Å². The molecule has 0 aromatic heterocycles. The highest BCUT2D eigenvalue weighted by Crippen LogP contribution is 2.26. The first-order valence-corrected chi connectivity index (χ1v) is 6.80. The Morgan fingerprint density at radius 1 is 1.38 bits per heavy atom. The van der Waals surface area contributed by atoms with Crippen LogP contribution in [-0.4, -0.2) is 25.1 Å². The van der Waals surface area contributed by atoms with Crippen molar-refractivity contribution in [2.45, 2.75) is 38.3 Å². The van der Waals surface area contributed by atoms with Crippen LogP contribution in [0.3, 0.4) is 0 Å². The van der Waals surface area contributed by atoms with E-state index in [0.29, 0.717) is 18.9 Å². The van der Waals surface area contributed by atoms with E-state index in [1.54, 1.807) is 12.1 Å². The number of hydrogen-bond acceptors (Lipinski definition) is 4. The first-order valence-electron chi connectivity index (χ1n) is 6.80. The normalized spacial score (nSPS) is 24.0. The minimum Gasteiger partial charge on any atom is -0.406 e. The highest BCUT2D eigenvalue weighted by molar-refractivity contribution is 5.28. The Kier molecular flexibility index (Phi) is 5.08. The molecule has 0 amide bonds. The molecule has 1 fully saturated rings. The molecule has 3 N–H and O–H groups in total. The molecule has 21 heavy (non-hydrogen) atoms. The van der Waals surface area contributed by atoms with Gasteiger partial charge in [-0.2, -0.15) is 0 Å². The molecule has 4 nitrogen and oxygen atoms in total. The van der Waals surface area contributed by atoms with Gasteiger partial charge in [0.15, 0.2) is 0 Å². The lowest BCUT2D eigenvalue weighted by Gasteiger charge is -2.21. The van der Waals surface area contributed by atoms with Gasteiger partial charge >= 0.3 is 6.36 Å². The average Bonchev–Trinajstić information content (AvgIpc) is 2.82. The lowest BCUT2D eigenvalue weighted by atomic mass is 9.92. The van der Waals surface area contributed by atoms with Crippen molar-refractivity contribution < 1.29 is 22.6 Å². The van der Waals surface area contributed by atoms with Crippen LogP contribution < -0.4 is 16.0 Å². The Labute approximate surface area is 121 Å². The minimum atomic E-state index is -4.67. The van der Waals surface area contributed by atoms with Crippen LogP contribution in [0.25, 0.3) is 0 Å². The summed E-state index contributed by atoms with van der Waals surface area (Å²) >= 11 is 0. The van der Waals surface area contributed by atoms with Crippen LogP contribution in [0, 0.1) is 5.92 Å². The van der Waals surface area contributed by atoms with Crippen LogP contribution in [0.15, 0.2) is 24.3 Å². The standard InChI is InChI=1S/C14H19F3N2O2/c1-9-6-11(8-20-9)13(19-18)7-10-2-4-12(5-3-10)21-14(15,16)17/h2-5,9,11,13,19H,6-8,18H2,1H3. The Balaban J connectivity index is 1.95. The summed E-state index contributed by atoms with van der Waals surface area (Å²) in [6.45, 7) is 2.65. The second-order valence-electron chi connectivity index (χ2n) is 5.31. The number of nitrogens with two attached hydrogens (primary N) is 1. The maximum atomic E-state index is 12.1. The number of rotatable bonds is 5. The summed E-state index contributed by atoms with van der Waals surface area (Å²) in [5, 5.41) is 0. The number of benzene rings is 1. The Bertz CT molecular complexity index is 451. The summed E-state index contributed by atoms with van der Waals surface area (Å²) in [5.41, 5.74) is 3.67. The number of nitrogens with one attached hydrogen (secondary N) is 1. The maximum Gasteiger partial charge on any atom is 0.573 e. The first-order chi connectivity index (χ1) is 9.87. The highest BCUT2D eigenvalue weighted by Gasteiger charge is 2.31. The van der Waals surface area contributed by atoms with E-state index in [9.17, 15) is 13.2 Å². The molecule has 3 atom stereocenters. The third kappa shape index (κ3) is 4.87. The fraction of sp³-hybridized carbons (Fsp3) is 0.571. The van der Waals surface area contributed by atoms with Crippen molar-refractivity contribution in [2.24, 2.45) is 11.8 Å². The van der Waals surface area contributed by atoms with Gasteiger partial charge in [0.25, 0.3) is 0 Å². The van der Waals surface area contributed by atoms with Crippen molar-refractivity contribution >= 4 is 0 Å². The van der Waals surface area contributed by atoms with Crippen LogP contribution in [0.1, 0.15) is 18.9 Å². The lowest BCUT2D eigenvalue weighted by Crippen LogP contribution is -2.42. The molecular weight excluding hydrogens is 285 g/mol. The first kappa shape index (κ1) is 16.1. The van der Waals surface area contributed by atoms with Crippen molar-refractivity contribution in [3.63, 3.8) is 0 Å². The van der Waals surface area contributed by atoms with Gasteiger partial charge in [0.2, 0.25) is 0 Å². The Morgan fingerprint density at radius 3 is 2.52 bits per heavy atom. The van der Waals surface area contributed by atoms with E-state index >= 15 is 0 Å². The molecule has 0 aliphatic carbocycles. The molecule has 1 heterocycles. The largest absolute Gasteiger partial charge is 0.573 e. The van der Waals surface area contributed by atoms with Crippen LogP contribution in [-0.2, 0) is 11.2 Å². The van der Waals surface area contributed by atoms with E-state index in [-0.39, 0.29) is 17.9 Å². The maximum absolute atomic E-state index is 12.1. The lowest BCUT2D eigenvalue weighted by molar-refractivity contribution is -0.274. The zero-order chi connectivity index (χ0) is 15.5. The molecule has 1 saturated heterocycles. The van der Waals surface area contributed by atoms with E-state index in [0.717, 1.165) is 12.0 Å². The molecule has 0 radical (unpaired) electrons. The molecule has 2 rings (SSSR count). The summed E-state index contributed by atoms with van der Waals surface area (Å²) in [7, 11) is 0. The molecule has 7 heteroatoms. The topological polar surface area (TPSA) is 56.5 Å². The summed E-state index contributed by atoms with van der Waals surface area (Å²) in [4.78, 5) is 0. The zero-order valence-corrected chi connectivity index (χ0v) is 11.7. The molecule has 1 aromatic rings. The third-order valence-corrected chi connectivity index (χ3v) is 3.63. The zero-order valence-electron chi connectivity index (χ0n) is 11.7. The molecular formula is C14H19F3N2O2. The second kappa shape index (κ2) is 6.64. The van der Waals surface area contributed by atoms with Gasteiger partial charge in [0.1, 0.15) is 5.75 Å². The van der Waals surface area contributed by atoms with E-state index in [2.05, 4.69) is 10.2 Å². The number of hydrogen-bond donors (Lipinski definition) is 2. The number of ether oxygens (including phenoxy) is 2. The molecule has 0 spiro atoms. The SMILES string of the molecule is CC1CC(C(Cc2ccc(OC(F)(F)F)cc2)NN)CO1. The van der Waals surface area contributed by atoms with Crippen molar-refractivity contribution in [3.8, 4) is 5.75 Å². The van der Waals surface area contributed by atoms with E-state index < -0.39 is 6.36 Å². The van der Waals surface area contributed by atoms with Gasteiger partial charge < -0.3 is 9.47 Å². The van der Waals surface area contributed by atoms with Gasteiger partial charge in [-0.25, -0.2) is 0 Å². The minimum absolute atomic E-state index is 0.0318. The average molecular weight is 304 g/mol. The summed E-state index contributed by atoms with van der Waals surface area (Å²) < 4.78 is 45.6. The van der Waals surface area contributed by atoms with Crippen molar-refractivity contribution in [1.82, 2.24) is 5.43 Å². The van der Waals surface area contributed by atoms with E-state index in [4.69, 9.17) is 10.6 Å². The van der Waals surface area contributed by atoms with Gasteiger partial charge in [-0.05, 0) is 37.5 Å². The van der Waals surface area contributed by atoms with Crippen molar-refractivity contribution in [2.75, 3.05) is 6.61 Å². The Morgan fingerprint density at radius 2 is 2.05 bits per heavy atom. The van der Waals surface area contributed by atoms with Gasteiger partial charge in [0.05, 0.1) is 12.7 Å². The van der Waals surface area contributed by atoms with Crippen LogP contribution in [0.5, 0.6) is 5.75 Å². The molecule has 0 bridgehead atoms. The predicted molar refractivity (Wildman–Crippen MR) is 71.5 cm³/mol. The molecule has 0 saturated carbocycles. The number of alkyl halides is 3. The van der Waals surface area contributed by atoms with Gasteiger partial charge in [0, 0.05) is 12.0 Å². The summed E-state index contributed by atoms with van der Waals surface area (Å²) in [6, 6.07) is 5.88. The number of hydrazine groups is 1. The fourth-order valence-corrected chi connectivity index (χ4v) is 2.57. The Hall–Kier alpha value is -1.31. The van der Waals surface area contributed by atoms with Gasteiger partial charge in [-0.1, -0.05) is 12.1 Å². The fourth-order valence-electron chi connectivity index (χ4n) is 2.57. The second-order valence-corrected chi connectivity index (χ2v) is 5.31. The van der Waals surface area contributed by atoms with Crippen molar-refractivity contribution in [3.05, 3.63) is 29.8 Å². The molecule has 118 valence electrons. The third-order valence-electron chi connectivity index (χ3n) is 3.63. The molecule has 1 aromatic carbocycles. The van der Waals surface area contributed by atoms with Gasteiger partial charge in [-0.15, -0.1) is 13.2 Å². The van der Waals surface area contributed by atoms with Crippen LogP contribution >= 0.6 is 0 Å². The predicted octanol–water partition coefficient (Wildman–Crippen LogP) is 2.38. The monoisotopic (exact) mass is 304 g/mol. The summed E-state index contributed by atoms with van der Waals surface area (Å²) in [6.07, 6.45) is -2.90. The van der Waals surface area contributed by atoms with Crippen molar-refractivity contribution in [1.29, 1.82) is 0 Å². The summed E-state index contributed by atoms with van der Waals surface area (Å²) in [5.74, 6) is 5.66. The molecule has 1 aliphatic heterocycles. The molecule has 1 aliphatic rings. The quantitative estimate of drug-likeness (QED) is 0.648. The smallest absolute Gasteiger partial charge is 0.406 e. The number of halogens is 3. The van der Waals surface area contributed by atoms with E-state index in [1.165, 1.54) is 12.1 Å². The highest BCUT2D eigenvalue weighted by atomic mass is 19.4. The van der Waals surface area contributed by atoms with Crippen LogP contribution in [0.2, 0.25) is 0 Å². The van der Waals surface area contributed by atoms with Crippen LogP contribution in [0.4, 0.5) is 13.2 Å².